The molecule has 0 bridgehead atoms. The van der Waals surface area contributed by atoms with Gasteiger partial charge in [-0.3, -0.25) is 4.79 Å². The molecule has 1 heterocycles. The van der Waals surface area contributed by atoms with Crippen LogP contribution in [-0.2, 0) is 4.79 Å². The number of anilines is 4. The molecule has 0 saturated carbocycles. The number of rotatable bonds is 4. The fraction of sp³-hybridized carbons (Fsp3) is 0.150. The van der Waals surface area contributed by atoms with Crippen molar-refractivity contribution in [2.24, 2.45) is 0 Å². The van der Waals surface area contributed by atoms with Crippen LogP contribution < -0.4 is 16.4 Å². The van der Waals surface area contributed by atoms with E-state index in [-0.39, 0.29) is 5.91 Å². The van der Waals surface area contributed by atoms with Crippen LogP contribution in [0.15, 0.2) is 60.8 Å². The second-order valence-corrected chi connectivity index (χ2v) is 5.27. The Balaban J connectivity index is 0.00000117. The van der Waals surface area contributed by atoms with E-state index in [1.54, 1.807) is 6.20 Å². The van der Waals surface area contributed by atoms with Crippen LogP contribution in [0.1, 0.15) is 20.8 Å². The maximum absolute atomic E-state index is 11.1. The van der Waals surface area contributed by atoms with Crippen LogP contribution >= 0.6 is 0 Å². The van der Waals surface area contributed by atoms with Crippen molar-refractivity contribution in [1.29, 1.82) is 0 Å². The summed E-state index contributed by atoms with van der Waals surface area (Å²) in [6.07, 6.45) is 1.69. The molecule has 1 amide bonds. The number of nitrogens with one attached hydrogen (secondary N) is 2. The van der Waals surface area contributed by atoms with Gasteiger partial charge in [-0.1, -0.05) is 32.0 Å². The van der Waals surface area contributed by atoms with Crippen LogP contribution in [0.4, 0.5) is 23.0 Å². The highest BCUT2D eigenvalue weighted by atomic mass is 16.1. The summed E-state index contributed by atoms with van der Waals surface area (Å²) in [7, 11) is 0. The quantitative estimate of drug-likeness (QED) is 0.605. The van der Waals surface area contributed by atoms with Crippen molar-refractivity contribution in [3.8, 4) is 11.3 Å². The van der Waals surface area contributed by atoms with Crippen LogP contribution in [0.2, 0.25) is 0 Å². The van der Waals surface area contributed by atoms with E-state index in [4.69, 9.17) is 5.73 Å². The molecule has 0 fully saturated rings. The number of hydrogen-bond donors (Lipinski definition) is 3. The lowest BCUT2D eigenvalue weighted by Gasteiger charge is -2.08. The lowest BCUT2D eigenvalue weighted by Crippen LogP contribution is -2.05. The van der Waals surface area contributed by atoms with Gasteiger partial charge in [0, 0.05) is 35.7 Å². The molecule has 0 atom stereocenters. The highest BCUT2D eigenvalue weighted by Gasteiger charge is 2.04. The lowest BCUT2D eigenvalue weighted by atomic mass is 10.1. The van der Waals surface area contributed by atoms with E-state index >= 15 is 0 Å². The summed E-state index contributed by atoms with van der Waals surface area (Å²) in [6, 6.07) is 16.7. The van der Waals surface area contributed by atoms with Crippen molar-refractivity contribution < 1.29 is 4.79 Å². The maximum Gasteiger partial charge on any atom is 0.227 e. The van der Waals surface area contributed by atoms with Crippen LogP contribution in [0.25, 0.3) is 11.3 Å². The maximum atomic E-state index is 11.1. The monoisotopic (exact) mass is 349 g/mol. The van der Waals surface area contributed by atoms with Gasteiger partial charge in [0.05, 0.1) is 5.69 Å². The first-order valence-electron chi connectivity index (χ1n) is 8.44. The third-order valence-corrected chi connectivity index (χ3v) is 3.30. The Labute approximate surface area is 153 Å². The molecule has 0 aliphatic rings. The lowest BCUT2D eigenvalue weighted by molar-refractivity contribution is -0.114. The predicted molar refractivity (Wildman–Crippen MR) is 107 cm³/mol. The van der Waals surface area contributed by atoms with Crippen molar-refractivity contribution in [2.45, 2.75) is 20.8 Å². The van der Waals surface area contributed by atoms with E-state index in [2.05, 4.69) is 20.6 Å². The first-order chi connectivity index (χ1) is 12.6. The third-order valence-electron chi connectivity index (χ3n) is 3.30. The van der Waals surface area contributed by atoms with Gasteiger partial charge in [0.25, 0.3) is 0 Å². The molecule has 0 spiro atoms. The molecule has 0 saturated heterocycles. The Kier molecular flexibility index (Phi) is 6.68. The molecule has 0 unspecified atom stereocenters. The largest absolute Gasteiger partial charge is 0.399 e. The minimum Gasteiger partial charge on any atom is -0.399 e. The molecule has 4 N–H and O–H groups in total. The molecule has 1 aromatic heterocycles. The minimum absolute atomic E-state index is 0.0987. The summed E-state index contributed by atoms with van der Waals surface area (Å²) in [6.45, 7) is 5.48. The van der Waals surface area contributed by atoms with Crippen LogP contribution in [0.3, 0.4) is 0 Å². The van der Waals surface area contributed by atoms with Crippen LogP contribution in [0.5, 0.6) is 0 Å². The van der Waals surface area contributed by atoms with Gasteiger partial charge in [-0.05, 0) is 36.4 Å². The fourth-order valence-corrected chi connectivity index (χ4v) is 2.25. The summed E-state index contributed by atoms with van der Waals surface area (Å²) in [4.78, 5) is 19.8. The number of aromatic nitrogens is 2. The van der Waals surface area contributed by atoms with E-state index in [1.807, 2.05) is 68.4 Å². The van der Waals surface area contributed by atoms with Crippen molar-refractivity contribution in [2.75, 3.05) is 16.4 Å². The Morgan fingerprint density at radius 2 is 1.73 bits per heavy atom. The zero-order valence-corrected chi connectivity index (χ0v) is 15.2. The smallest absolute Gasteiger partial charge is 0.227 e. The highest BCUT2D eigenvalue weighted by molar-refractivity contribution is 5.88. The number of nitrogen functional groups attached to an aromatic ring is 1. The Hall–Kier alpha value is -3.41. The molecule has 0 aliphatic heterocycles. The average molecular weight is 349 g/mol. The van der Waals surface area contributed by atoms with Crippen LogP contribution in [0, 0.1) is 0 Å². The number of nitrogens with two attached hydrogens (primary N) is 1. The normalized spacial score (nSPS) is 9.65. The van der Waals surface area contributed by atoms with E-state index in [0.29, 0.717) is 11.6 Å². The van der Waals surface area contributed by atoms with Gasteiger partial charge in [-0.2, -0.15) is 0 Å². The van der Waals surface area contributed by atoms with Crippen molar-refractivity contribution in [1.82, 2.24) is 9.97 Å². The first kappa shape index (κ1) is 18.9. The fourth-order valence-electron chi connectivity index (χ4n) is 2.25. The zero-order chi connectivity index (χ0) is 18.9. The van der Waals surface area contributed by atoms with Gasteiger partial charge in [0.15, 0.2) is 0 Å². The van der Waals surface area contributed by atoms with Gasteiger partial charge in [0.1, 0.15) is 0 Å². The van der Waals surface area contributed by atoms with Gasteiger partial charge in [-0.15, -0.1) is 0 Å². The van der Waals surface area contributed by atoms with Crippen LogP contribution in [-0.4, -0.2) is 15.9 Å². The number of carbonyl (C=O) groups excluding carboxylic acids is 1. The zero-order valence-electron chi connectivity index (χ0n) is 15.2. The molecular weight excluding hydrogens is 326 g/mol. The van der Waals surface area contributed by atoms with Crippen molar-refractivity contribution in [3.05, 3.63) is 60.8 Å². The number of carbonyl (C=O) groups is 1. The van der Waals surface area contributed by atoms with Crippen molar-refractivity contribution >= 4 is 28.9 Å². The van der Waals surface area contributed by atoms with Gasteiger partial charge >= 0.3 is 0 Å². The van der Waals surface area contributed by atoms with Gasteiger partial charge < -0.3 is 16.4 Å². The SMILES string of the molecule is CC.CC(=O)Nc1ccc(-c2ccnc(Nc3cccc(N)c3)n2)cc1. The molecule has 134 valence electrons. The van der Waals surface area contributed by atoms with E-state index < -0.39 is 0 Å². The summed E-state index contributed by atoms with van der Waals surface area (Å²) in [5.74, 6) is 0.391. The molecule has 3 rings (SSSR count). The van der Waals surface area contributed by atoms with Gasteiger partial charge in [0.2, 0.25) is 11.9 Å². The molecule has 0 radical (unpaired) electrons. The minimum atomic E-state index is -0.0987. The average Bonchev–Trinajstić information content (AvgIpc) is 2.64. The number of amides is 1. The summed E-state index contributed by atoms with van der Waals surface area (Å²) in [5.41, 5.74) is 9.73. The second kappa shape index (κ2) is 9.17. The molecule has 0 aliphatic carbocycles. The predicted octanol–water partition coefficient (Wildman–Crippen LogP) is 4.45. The Morgan fingerprint density at radius 1 is 1.00 bits per heavy atom. The molecule has 6 heteroatoms. The molecule has 26 heavy (non-hydrogen) atoms. The Morgan fingerprint density at radius 3 is 2.38 bits per heavy atom. The molecule has 6 nitrogen and oxygen atoms in total. The second-order valence-electron chi connectivity index (χ2n) is 5.27. The topological polar surface area (TPSA) is 92.9 Å². The van der Waals surface area contributed by atoms with E-state index in [9.17, 15) is 4.79 Å². The summed E-state index contributed by atoms with van der Waals surface area (Å²) < 4.78 is 0. The summed E-state index contributed by atoms with van der Waals surface area (Å²) >= 11 is 0. The van der Waals surface area contributed by atoms with Crippen molar-refractivity contribution in [3.63, 3.8) is 0 Å². The highest BCUT2D eigenvalue weighted by Crippen LogP contribution is 2.22. The number of hydrogen-bond acceptors (Lipinski definition) is 5. The number of nitrogens with zero attached hydrogens (tertiary/aromatic N) is 2. The third kappa shape index (κ3) is 5.31. The molecular formula is C20H23N5O. The molecule has 3 aromatic rings. The van der Waals surface area contributed by atoms with E-state index in [0.717, 1.165) is 22.6 Å². The Bertz CT molecular complexity index is 862. The summed E-state index contributed by atoms with van der Waals surface area (Å²) in [5, 5.41) is 5.87. The molecule has 2 aromatic carbocycles. The van der Waals surface area contributed by atoms with Gasteiger partial charge in [-0.25, -0.2) is 9.97 Å². The standard InChI is InChI=1S/C18H17N5O.C2H6/c1-12(24)21-15-7-5-13(6-8-15)17-9-10-20-18(23-17)22-16-4-2-3-14(19)11-16;1-2/h2-11H,19H2,1H3,(H,21,24)(H,20,22,23);1-2H3. The van der Waals surface area contributed by atoms with E-state index in [1.165, 1.54) is 6.92 Å². The number of benzene rings is 2. The first-order valence-corrected chi connectivity index (χ1v) is 8.44.